The third-order valence-corrected chi connectivity index (χ3v) is 5.13. The normalized spacial score (nSPS) is 24.8. The van der Waals surface area contributed by atoms with Gasteiger partial charge in [0, 0.05) is 13.1 Å². The summed E-state index contributed by atoms with van der Waals surface area (Å²) in [5, 5.41) is 3.38. The van der Waals surface area contributed by atoms with Crippen molar-refractivity contribution in [1.82, 2.24) is 10.2 Å². The van der Waals surface area contributed by atoms with Gasteiger partial charge in [-0.2, -0.15) is 0 Å². The van der Waals surface area contributed by atoms with Crippen LogP contribution in [0.1, 0.15) is 58.3 Å². The molecule has 0 aromatic rings. The molecule has 0 atom stereocenters. The molecule has 0 bridgehead atoms. The molecule has 18 heavy (non-hydrogen) atoms. The van der Waals surface area contributed by atoms with Gasteiger partial charge in [0.1, 0.15) is 0 Å². The van der Waals surface area contributed by atoms with Gasteiger partial charge in [0.25, 0.3) is 0 Å². The zero-order valence-corrected chi connectivity index (χ0v) is 12.0. The average molecular weight is 252 g/mol. The second-order valence-electron chi connectivity index (χ2n) is 6.09. The molecule has 3 nitrogen and oxygen atoms in total. The summed E-state index contributed by atoms with van der Waals surface area (Å²) in [6, 6.07) is 0.504. The molecule has 1 N–H and O–H groups in total. The molecule has 0 unspecified atom stereocenters. The number of piperidine rings is 1. The number of rotatable bonds is 3. The topological polar surface area (TPSA) is 32.3 Å². The van der Waals surface area contributed by atoms with Crippen LogP contribution in [0.3, 0.4) is 0 Å². The van der Waals surface area contributed by atoms with E-state index in [4.69, 9.17) is 0 Å². The molecule has 1 saturated heterocycles. The van der Waals surface area contributed by atoms with Crippen molar-refractivity contribution in [3.05, 3.63) is 0 Å². The smallest absolute Gasteiger partial charge is 0.228 e. The molecule has 1 aliphatic heterocycles. The van der Waals surface area contributed by atoms with Gasteiger partial charge in [0.15, 0.2) is 0 Å². The molecule has 1 heterocycles. The summed E-state index contributed by atoms with van der Waals surface area (Å²) in [5.41, 5.74) is -0.0720. The van der Waals surface area contributed by atoms with E-state index >= 15 is 0 Å². The van der Waals surface area contributed by atoms with Crippen molar-refractivity contribution in [2.45, 2.75) is 64.3 Å². The minimum atomic E-state index is -0.0720. The van der Waals surface area contributed by atoms with Gasteiger partial charge >= 0.3 is 0 Å². The number of amides is 1. The number of carbonyl (C=O) groups is 1. The van der Waals surface area contributed by atoms with Gasteiger partial charge in [-0.1, -0.05) is 26.2 Å². The minimum absolute atomic E-state index is 0.0720. The first-order valence-corrected chi connectivity index (χ1v) is 7.67. The van der Waals surface area contributed by atoms with Crippen LogP contribution in [0.5, 0.6) is 0 Å². The number of nitrogens with one attached hydrogen (secondary N) is 1. The van der Waals surface area contributed by atoms with Crippen LogP contribution in [0.2, 0.25) is 0 Å². The highest BCUT2D eigenvalue weighted by atomic mass is 16.2. The van der Waals surface area contributed by atoms with E-state index in [0.717, 1.165) is 32.4 Å². The maximum absolute atomic E-state index is 12.8. The van der Waals surface area contributed by atoms with Crippen LogP contribution in [0, 0.1) is 5.41 Å². The summed E-state index contributed by atoms with van der Waals surface area (Å²) in [5.74, 6) is 0.415. The van der Waals surface area contributed by atoms with Crippen molar-refractivity contribution in [3.63, 3.8) is 0 Å². The summed E-state index contributed by atoms with van der Waals surface area (Å²) in [6.07, 6.45) is 9.37. The summed E-state index contributed by atoms with van der Waals surface area (Å²) < 4.78 is 0. The lowest BCUT2D eigenvalue weighted by Gasteiger charge is -2.41. The molecule has 2 rings (SSSR count). The number of carbonyl (C=O) groups excluding carboxylic acids is 1. The second kappa shape index (κ2) is 6.05. The fourth-order valence-electron chi connectivity index (χ4n) is 3.63. The maximum atomic E-state index is 12.8. The average Bonchev–Trinajstić information content (AvgIpc) is 2.47. The lowest BCUT2D eigenvalue weighted by Crippen LogP contribution is -2.51. The van der Waals surface area contributed by atoms with E-state index in [1.165, 1.54) is 32.1 Å². The molecular weight excluding hydrogens is 224 g/mol. The first-order chi connectivity index (χ1) is 8.69. The molecule has 2 aliphatic rings. The summed E-state index contributed by atoms with van der Waals surface area (Å²) in [7, 11) is 2.04. The molecule has 0 aromatic carbocycles. The quantitative estimate of drug-likeness (QED) is 0.837. The van der Waals surface area contributed by atoms with Crippen LogP contribution in [0.4, 0.5) is 0 Å². The summed E-state index contributed by atoms with van der Waals surface area (Å²) in [6.45, 7) is 4.17. The largest absolute Gasteiger partial charge is 0.342 e. The molecule has 2 fully saturated rings. The van der Waals surface area contributed by atoms with Crippen molar-refractivity contribution >= 4 is 5.91 Å². The maximum Gasteiger partial charge on any atom is 0.228 e. The first kappa shape index (κ1) is 13.9. The third kappa shape index (κ3) is 2.71. The van der Waals surface area contributed by atoms with E-state index in [2.05, 4.69) is 17.1 Å². The van der Waals surface area contributed by atoms with E-state index < -0.39 is 0 Å². The summed E-state index contributed by atoms with van der Waals surface area (Å²) >= 11 is 0. The Hall–Kier alpha value is -0.570. The SMILES string of the molecule is CCC1(C(=O)N(C)C2CCCCC2)CCNCC1. The Morgan fingerprint density at radius 3 is 2.39 bits per heavy atom. The van der Waals surface area contributed by atoms with Crippen LogP contribution < -0.4 is 5.32 Å². The molecule has 1 aliphatic carbocycles. The molecule has 1 saturated carbocycles. The standard InChI is InChI=1S/C15H28N2O/c1-3-15(9-11-16-12-10-15)14(18)17(2)13-7-5-4-6-8-13/h13,16H,3-12H2,1-2H3. The zero-order chi connectivity index (χ0) is 13.0. The Morgan fingerprint density at radius 2 is 1.83 bits per heavy atom. The van der Waals surface area contributed by atoms with Crippen molar-refractivity contribution in [3.8, 4) is 0 Å². The lowest BCUT2D eigenvalue weighted by molar-refractivity contribution is -0.145. The minimum Gasteiger partial charge on any atom is -0.342 e. The number of nitrogens with zero attached hydrogens (tertiary/aromatic N) is 1. The van der Waals surface area contributed by atoms with Crippen molar-refractivity contribution in [2.24, 2.45) is 5.41 Å². The van der Waals surface area contributed by atoms with Crippen molar-refractivity contribution < 1.29 is 4.79 Å². The van der Waals surface area contributed by atoms with E-state index in [0.29, 0.717) is 11.9 Å². The van der Waals surface area contributed by atoms with Gasteiger partial charge in [-0.05, 0) is 45.2 Å². The second-order valence-corrected chi connectivity index (χ2v) is 6.09. The Bertz CT molecular complexity index is 278. The molecule has 0 aromatic heterocycles. The third-order valence-electron chi connectivity index (χ3n) is 5.13. The molecule has 0 spiro atoms. The lowest BCUT2D eigenvalue weighted by atomic mass is 9.75. The Kier molecular flexibility index (Phi) is 4.66. The molecule has 1 amide bonds. The predicted molar refractivity (Wildman–Crippen MR) is 74.5 cm³/mol. The summed E-state index contributed by atoms with van der Waals surface area (Å²) in [4.78, 5) is 14.9. The number of hydrogen-bond donors (Lipinski definition) is 1. The van der Waals surface area contributed by atoms with Gasteiger partial charge in [-0.15, -0.1) is 0 Å². The van der Waals surface area contributed by atoms with Gasteiger partial charge in [-0.25, -0.2) is 0 Å². The van der Waals surface area contributed by atoms with Gasteiger partial charge < -0.3 is 10.2 Å². The monoisotopic (exact) mass is 252 g/mol. The number of hydrogen-bond acceptors (Lipinski definition) is 2. The highest BCUT2D eigenvalue weighted by Crippen LogP contribution is 2.36. The Balaban J connectivity index is 2.03. The van der Waals surface area contributed by atoms with Crippen LogP contribution in [0.25, 0.3) is 0 Å². The Morgan fingerprint density at radius 1 is 1.22 bits per heavy atom. The zero-order valence-electron chi connectivity index (χ0n) is 12.0. The van der Waals surface area contributed by atoms with Crippen LogP contribution in [0.15, 0.2) is 0 Å². The van der Waals surface area contributed by atoms with Gasteiger partial charge in [0.2, 0.25) is 5.91 Å². The fraction of sp³-hybridized carbons (Fsp3) is 0.933. The highest BCUT2D eigenvalue weighted by Gasteiger charge is 2.41. The van der Waals surface area contributed by atoms with Crippen molar-refractivity contribution in [2.75, 3.05) is 20.1 Å². The first-order valence-electron chi connectivity index (χ1n) is 7.67. The fourth-order valence-corrected chi connectivity index (χ4v) is 3.63. The molecule has 3 heteroatoms. The van der Waals surface area contributed by atoms with Crippen LogP contribution >= 0.6 is 0 Å². The van der Waals surface area contributed by atoms with E-state index in [9.17, 15) is 4.79 Å². The molecule has 0 radical (unpaired) electrons. The van der Waals surface area contributed by atoms with E-state index in [1.54, 1.807) is 0 Å². The van der Waals surface area contributed by atoms with Crippen LogP contribution in [-0.2, 0) is 4.79 Å². The van der Waals surface area contributed by atoms with Crippen LogP contribution in [-0.4, -0.2) is 37.0 Å². The predicted octanol–water partition coefficient (Wildman–Crippen LogP) is 2.56. The van der Waals surface area contributed by atoms with E-state index in [-0.39, 0.29) is 5.41 Å². The van der Waals surface area contributed by atoms with E-state index in [1.807, 2.05) is 7.05 Å². The van der Waals surface area contributed by atoms with Gasteiger partial charge in [-0.3, -0.25) is 4.79 Å². The highest BCUT2D eigenvalue weighted by molar-refractivity contribution is 5.83. The van der Waals surface area contributed by atoms with Gasteiger partial charge in [0.05, 0.1) is 5.41 Å². The van der Waals surface area contributed by atoms with Crippen molar-refractivity contribution in [1.29, 1.82) is 0 Å². The molecule has 104 valence electrons. The Labute approximate surface area is 111 Å². The molecular formula is C15H28N2O.